The fraction of sp³-hybridized carbons (Fsp3) is 0.667. The minimum absolute atomic E-state index is 0.0322. The van der Waals surface area contributed by atoms with Crippen LogP contribution in [-0.4, -0.2) is 11.9 Å². The number of carbonyl (C=O) groups is 1. The number of halogens is 1. The molecule has 3 rings (SSSR count). The Hall–Kier alpha value is -0.770. The van der Waals surface area contributed by atoms with Gasteiger partial charge in [-0.25, -0.2) is 0 Å². The Balaban J connectivity index is 1.79. The highest BCUT2D eigenvalue weighted by Gasteiger charge is 2.61. The van der Waals surface area contributed by atoms with Gasteiger partial charge in [-0.1, -0.05) is 20.8 Å². The van der Waals surface area contributed by atoms with Crippen molar-refractivity contribution in [1.82, 2.24) is 5.32 Å². The Morgan fingerprint density at radius 3 is 2.68 bits per heavy atom. The van der Waals surface area contributed by atoms with E-state index in [-0.39, 0.29) is 17.4 Å². The Morgan fingerprint density at radius 1 is 1.47 bits per heavy atom. The molecule has 0 saturated heterocycles. The van der Waals surface area contributed by atoms with Gasteiger partial charge >= 0.3 is 0 Å². The molecule has 2 aliphatic carbocycles. The average molecular weight is 326 g/mol. The van der Waals surface area contributed by atoms with Crippen molar-refractivity contribution in [1.29, 1.82) is 0 Å². The number of hydrogen-bond donors (Lipinski definition) is 1. The molecule has 3 unspecified atom stereocenters. The molecule has 2 aliphatic rings. The van der Waals surface area contributed by atoms with Gasteiger partial charge in [0.05, 0.1) is 11.8 Å². The Kier molecular flexibility index (Phi) is 2.86. The Bertz CT molecular complexity index is 522. The predicted octanol–water partition coefficient (Wildman–Crippen LogP) is 3.99. The van der Waals surface area contributed by atoms with Crippen molar-refractivity contribution < 1.29 is 9.21 Å². The molecule has 0 aromatic carbocycles. The minimum Gasteiger partial charge on any atom is -0.457 e. The lowest BCUT2D eigenvalue weighted by molar-refractivity contribution is 0.0824. The van der Waals surface area contributed by atoms with Gasteiger partial charge in [-0.3, -0.25) is 4.79 Å². The van der Waals surface area contributed by atoms with Crippen LogP contribution in [0.25, 0.3) is 0 Å². The zero-order valence-corrected chi connectivity index (χ0v) is 13.2. The van der Waals surface area contributed by atoms with Gasteiger partial charge in [0.1, 0.15) is 0 Å². The molecule has 1 aromatic heterocycles. The third kappa shape index (κ3) is 1.72. The third-order valence-electron chi connectivity index (χ3n) is 5.96. The molecule has 4 heteroatoms. The van der Waals surface area contributed by atoms with Crippen LogP contribution in [0.5, 0.6) is 0 Å². The molecule has 0 radical (unpaired) electrons. The molecule has 104 valence electrons. The summed E-state index contributed by atoms with van der Waals surface area (Å²) in [5, 5.41) is 3.22. The molecular weight excluding hydrogens is 306 g/mol. The molecule has 19 heavy (non-hydrogen) atoms. The quantitative estimate of drug-likeness (QED) is 0.893. The summed E-state index contributed by atoms with van der Waals surface area (Å²) >= 11 is 3.27. The van der Waals surface area contributed by atoms with E-state index in [9.17, 15) is 4.79 Å². The molecule has 2 saturated carbocycles. The van der Waals surface area contributed by atoms with Crippen molar-refractivity contribution in [3.8, 4) is 0 Å². The number of nitrogens with one attached hydrogen (secondary N) is 1. The largest absolute Gasteiger partial charge is 0.457 e. The maximum absolute atomic E-state index is 12.3. The van der Waals surface area contributed by atoms with E-state index in [4.69, 9.17) is 4.42 Å². The van der Waals surface area contributed by atoms with Crippen LogP contribution in [-0.2, 0) is 0 Å². The summed E-state index contributed by atoms with van der Waals surface area (Å²) in [5.74, 6) is 0.700. The maximum Gasteiger partial charge on any atom is 0.255 e. The average Bonchev–Trinajstić information content (AvgIpc) is 2.90. The molecular formula is C15H20BrNO2. The molecule has 3 nitrogen and oxygen atoms in total. The van der Waals surface area contributed by atoms with Crippen molar-refractivity contribution in [2.75, 3.05) is 0 Å². The van der Waals surface area contributed by atoms with Crippen molar-refractivity contribution in [3.63, 3.8) is 0 Å². The van der Waals surface area contributed by atoms with E-state index in [2.05, 4.69) is 42.0 Å². The first kappa shape index (κ1) is 13.2. The second-order valence-electron chi connectivity index (χ2n) is 6.74. The van der Waals surface area contributed by atoms with Crippen LogP contribution in [0.3, 0.4) is 0 Å². The number of rotatable bonds is 2. The fourth-order valence-corrected chi connectivity index (χ4v) is 4.53. The van der Waals surface area contributed by atoms with Crippen LogP contribution < -0.4 is 5.32 Å². The predicted molar refractivity (Wildman–Crippen MR) is 76.9 cm³/mol. The first-order valence-electron chi connectivity index (χ1n) is 6.90. The lowest BCUT2D eigenvalue weighted by Gasteiger charge is -2.39. The molecule has 2 bridgehead atoms. The first-order valence-corrected chi connectivity index (χ1v) is 7.69. The highest BCUT2D eigenvalue weighted by molar-refractivity contribution is 9.10. The molecule has 1 aromatic rings. The zero-order chi connectivity index (χ0) is 13.8. The summed E-state index contributed by atoms with van der Waals surface area (Å²) in [6.45, 7) is 7.03. The van der Waals surface area contributed by atoms with Gasteiger partial charge in [-0.2, -0.15) is 0 Å². The summed E-state index contributed by atoms with van der Waals surface area (Å²) in [4.78, 5) is 12.3. The Labute approximate surface area is 122 Å². The van der Waals surface area contributed by atoms with Crippen molar-refractivity contribution >= 4 is 21.8 Å². The third-order valence-corrected chi connectivity index (χ3v) is 6.58. The fourth-order valence-electron chi connectivity index (χ4n) is 4.11. The van der Waals surface area contributed by atoms with E-state index in [1.54, 1.807) is 6.07 Å². The standard InChI is InChI=1S/C15H20BrNO2/c1-14(2)9-4-6-15(14,3)11(8-9)17-13(18)10-5-7-19-12(10)16/h5,7,9,11H,4,6,8H2,1-3H3,(H,17,18). The van der Waals surface area contributed by atoms with E-state index in [1.807, 2.05) is 0 Å². The van der Waals surface area contributed by atoms with Gasteiger partial charge < -0.3 is 9.73 Å². The molecule has 2 fully saturated rings. The molecule has 0 spiro atoms. The lowest BCUT2D eigenvalue weighted by Crippen LogP contribution is -2.46. The highest BCUT2D eigenvalue weighted by atomic mass is 79.9. The number of furan rings is 1. The van der Waals surface area contributed by atoms with Crippen molar-refractivity contribution in [2.24, 2.45) is 16.7 Å². The molecule has 1 amide bonds. The van der Waals surface area contributed by atoms with Gasteiger partial charge in [0.15, 0.2) is 4.67 Å². The second kappa shape index (κ2) is 4.11. The summed E-state index contributed by atoms with van der Waals surface area (Å²) in [6.07, 6.45) is 5.14. The topological polar surface area (TPSA) is 42.2 Å². The van der Waals surface area contributed by atoms with E-state index in [0.717, 1.165) is 12.3 Å². The van der Waals surface area contributed by atoms with E-state index >= 15 is 0 Å². The van der Waals surface area contributed by atoms with Crippen molar-refractivity contribution in [2.45, 2.75) is 46.1 Å². The highest BCUT2D eigenvalue weighted by Crippen LogP contribution is 2.65. The lowest BCUT2D eigenvalue weighted by atomic mass is 9.69. The molecule has 3 atom stereocenters. The number of hydrogen-bond acceptors (Lipinski definition) is 2. The SMILES string of the molecule is CC1(C)C2CCC1(C)C(NC(=O)c1ccoc1Br)C2. The minimum atomic E-state index is -0.0322. The smallest absolute Gasteiger partial charge is 0.255 e. The number of carbonyl (C=O) groups excluding carboxylic acids is 1. The van der Waals surface area contributed by atoms with Crippen LogP contribution in [0.4, 0.5) is 0 Å². The second-order valence-corrected chi connectivity index (χ2v) is 7.46. The van der Waals surface area contributed by atoms with E-state index < -0.39 is 0 Å². The number of amides is 1. The van der Waals surface area contributed by atoms with Gasteiger partial charge in [0, 0.05) is 6.04 Å². The Morgan fingerprint density at radius 2 is 2.21 bits per heavy atom. The van der Waals surface area contributed by atoms with E-state index in [0.29, 0.717) is 15.6 Å². The monoisotopic (exact) mass is 325 g/mol. The molecule has 0 aliphatic heterocycles. The van der Waals surface area contributed by atoms with Crippen molar-refractivity contribution in [3.05, 3.63) is 22.6 Å². The molecule has 1 N–H and O–H groups in total. The summed E-state index contributed by atoms with van der Waals surface area (Å²) < 4.78 is 5.65. The summed E-state index contributed by atoms with van der Waals surface area (Å²) in [5.41, 5.74) is 1.12. The van der Waals surface area contributed by atoms with Crippen LogP contribution in [0.2, 0.25) is 0 Å². The van der Waals surface area contributed by atoms with Gasteiger partial charge in [-0.15, -0.1) is 0 Å². The zero-order valence-electron chi connectivity index (χ0n) is 11.6. The molecule has 1 heterocycles. The van der Waals surface area contributed by atoms with Gasteiger partial charge in [0.25, 0.3) is 5.91 Å². The van der Waals surface area contributed by atoms with Gasteiger partial charge in [0.2, 0.25) is 0 Å². The maximum atomic E-state index is 12.3. The van der Waals surface area contributed by atoms with E-state index in [1.165, 1.54) is 19.1 Å². The summed E-state index contributed by atoms with van der Waals surface area (Å²) in [6, 6.07) is 1.98. The van der Waals surface area contributed by atoms with Crippen LogP contribution >= 0.6 is 15.9 Å². The first-order chi connectivity index (χ1) is 8.86. The van der Waals surface area contributed by atoms with Crippen LogP contribution in [0.1, 0.15) is 50.4 Å². The number of fused-ring (bicyclic) bond motifs is 2. The van der Waals surface area contributed by atoms with Crippen LogP contribution in [0.15, 0.2) is 21.4 Å². The van der Waals surface area contributed by atoms with Gasteiger partial charge in [-0.05, 0) is 58.0 Å². The van der Waals surface area contributed by atoms with Crippen LogP contribution in [0, 0.1) is 16.7 Å². The normalized spacial score (nSPS) is 35.6. The summed E-state index contributed by atoms with van der Waals surface area (Å²) in [7, 11) is 0.